The molecule has 0 saturated carbocycles. The van der Waals surface area contributed by atoms with Gasteiger partial charge in [0.25, 0.3) is 5.89 Å². The van der Waals surface area contributed by atoms with Crippen LogP contribution in [0.5, 0.6) is 5.75 Å². The predicted octanol–water partition coefficient (Wildman–Crippen LogP) is 3.44. The van der Waals surface area contributed by atoms with E-state index in [-0.39, 0.29) is 23.7 Å². The zero-order valence-corrected chi connectivity index (χ0v) is 11.7. The van der Waals surface area contributed by atoms with Crippen molar-refractivity contribution in [2.75, 3.05) is 7.11 Å². The van der Waals surface area contributed by atoms with Crippen LogP contribution < -0.4 is 0 Å². The number of hydrogen-bond acceptors (Lipinski definition) is 5. The van der Waals surface area contributed by atoms with Crippen LogP contribution in [-0.4, -0.2) is 22.4 Å². The van der Waals surface area contributed by atoms with E-state index in [0.29, 0.717) is 16.4 Å². The number of aromatic nitrogens is 2. The summed E-state index contributed by atoms with van der Waals surface area (Å²) in [6, 6.07) is 4.65. The van der Waals surface area contributed by atoms with E-state index in [0.717, 1.165) is 0 Å². The van der Waals surface area contributed by atoms with Gasteiger partial charge in [-0.2, -0.15) is 4.98 Å². The van der Waals surface area contributed by atoms with E-state index in [1.54, 1.807) is 19.2 Å². The van der Waals surface area contributed by atoms with Crippen molar-refractivity contribution in [1.82, 2.24) is 10.1 Å². The Balaban J connectivity index is 2.38. The van der Waals surface area contributed by atoms with E-state index in [9.17, 15) is 5.11 Å². The van der Waals surface area contributed by atoms with Gasteiger partial charge in [0.05, 0.1) is 5.56 Å². The van der Waals surface area contributed by atoms with Gasteiger partial charge in [0.2, 0.25) is 5.82 Å². The Bertz CT molecular complexity index is 569. The molecule has 0 fully saturated rings. The molecule has 6 heteroatoms. The fourth-order valence-corrected chi connectivity index (χ4v) is 1.99. The van der Waals surface area contributed by atoms with Crippen LogP contribution in [0.4, 0.5) is 0 Å². The maximum Gasteiger partial charge on any atom is 0.261 e. The lowest BCUT2D eigenvalue weighted by molar-refractivity contribution is 0.0556. The topological polar surface area (TPSA) is 68.4 Å². The first kappa shape index (κ1) is 13.8. The molecule has 1 aromatic carbocycles. The van der Waals surface area contributed by atoms with Crippen LogP contribution in [0.2, 0.25) is 5.02 Å². The molecular weight excluding hydrogens is 268 g/mol. The predicted molar refractivity (Wildman–Crippen MR) is 71.0 cm³/mol. The first-order chi connectivity index (χ1) is 9.02. The highest BCUT2D eigenvalue weighted by Gasteiger charge is 2.22. The zero-order chi connectivity index (χ0) is 14.0. The second-order valence-electron chi connectivity index (χ2n) is 4.52. The number of benzene rings is 1. The normalized spacial score (nSPS) is 12.9. The Morgan fingerprint density at radius 1 is 1.37 bits per heavy atom. The van der Waals surface area contributed by atoms with Crippen molar-refractivity contribution in [3.63, 3.8) is 0 Å². The molecule has 1 atom stereocenters. The Hall–Kier alpha value is -1.59. The van der Waals surface area contributed by atoms with Crippen molar-refractivity contribution in [3.05, 3.63) is 29.0 Å². The molecule has 0 aliphatic heterocycles. The molecule has 0 spiro atoms. The molecule has 0 aliphatic rings. The number of methoxy groups -OCH3 is 1. The molecule has 0 saturated heterocycles. The number of hydrogen-bond donors (Lipinski definition) is 1. The van der Waals surface area contributed by atoms with Gasteiger partial charge >= 0.3 is 0 Å². The standard InChI is InChI=1S/C13H15ClN2O3/c1-7(2)11(18-3)12-15-13(19-16-12)9-6-8(14)4-5-10(9)17/h4-7,11,17H,1-3H3. The van der Waals surface area contributed by atoms with Gasteiger partial charge in [-0.1, -0.05) is 30.6 Å². The van der Waals surface area contributed by atoms with E-state index in [1.165, 1.54) is 6.07 Å². The third kappa shape index (κ3) is 2.88. The summed E-state index contributed by atoms with van der Waals surface area (Å²) in [4.78, 5) is 4.25. The third-order valence-corrected chi connectivity index (χ3v) is 2.98. The number of ether oxygens (including phenoxy) is 1. The average Bonchev–Trinajstić information content (AvgIpc) is 2.82. The Kier molecular flexibility index (Phi) is 4.07. The van der Waals surface area contributed by atoms with E-state index < -0.39 is 0 Å². The number of halogens is 1. The zero-order valence-electron chi connectivity index (χ0n) is 10.9. The van der Waals surface area contributed by atoms with Crippen molar-refractivity contribution < 1.29 is 14.4 Å². The van der Waals surface area contributed by atoms with Gasteiger partial charge in [-0.3, -0.25) is 0 Å². The summed E-state index contributed by atoms with van der Waals surface area (Å²) in [7, 11) is 1.59. The van der Waals surface area contributed by atoms with Gasteiger partial charge in [-0.25, -0.2) is 0 Å². The van der Waals surface area contributed by atoms with Crippen LogP contribution in [0, 0.1) is 5.92 Å². The van der Waals surface area contributed by atoms with Gasteiger partial charge in [0.1, 0.15) is 11.9 Å². The third-order valence-electron chi connectivity index (χ3n) is 2.74. The number of rotatable bonds is 4. The van der Waals surface area contributed by atoms with E-state index in [1.807, 2.05) is 13.8 Å². The van der Waals surface area contributed by atoms with E-state index >= 15 is 0 Å². The Morgan fingerprint density at radius 2 is 2.11 bits per heavy atom. The summed E-state index contributed by atoms with van der Waals surface area (Å²) < 4.78 is 10.5. The largest absolute Gasteiger partial charge is 0.507 e. The van der Waals surface area contributed by atoms with Crippen LogP contribution in [0.25, 0.3) is 11.5 Å². The summed E-state index contributed by atoms with van der Waals surface area (Å²) >= 11 is 5.89. The van der Waals surface area contributed by atoms with Gasteiger partial charge in [-0.05, 0) is 24.1 Å². The summed E-state index contributed by atoms with van der Waals surface area (Å²) in [6.45, 7) is 4.00. The molecule has 0 aliphatic carbocycles. The van der Waals surface area contributed by atoms with Crippen LogP contribution in [0.3, 0.4) is 0 Å². The van der Waals surface area contributed by atoms with Crippen molar-refractivity contribution in [2.24, 2.45) is 5.92 Å². The molecule has 0 amide bonds. The van der Waals surface area contributed by atoms with E-state index in [4.69, 9.17) is 20.9 Å². The highest BCUT2D eigenvalue weighted by molar-refractivity contribution is 6.30. The quantitative estimate of drug-likeness (QED) is 0.930. The number of nitrogens with zero attached hydrogens (tertiary/aromatic N) is 2. The minimum absolute atomic E-state index is 0.0399. The molecule has 19 heavy (non-hydrogen) atoms. The van der Waals surface area contributed by atoms with Crippen molar-refractivity contribution in [2.45, 2.75) is 20.0 Å². The van der Waals surface area contributed by atoms with Crippen LogP contribution >= 0.6 is 11.6 Å². The van der Waals surface area contributed by atoms with Crippen LogP contribution in [-0.2, 0) is 4.74 Å². The minimum Gasteiger partial charge on any atom is -0.507 e. The lowest BCUT2D eigenvalue weighted by atomic mass is 10.1. The van der Waals surface area contributed by atoms with Gasteiger partial charge in [0, 0.05) is 12.1 Å². The average molecular weight is 283 g/mol. The van der Waals surface area contributed by atoms with Crippen LogP contribution in [0.15, 0.2) is 22.7 Å². The molecule has 1 heterocycles. The SMILES string of the molecule is COC(c1noc(-c2cc(Cl)ccc2O)n1)C(C)C. The fraction of sp³-hybridized carbons (Fsp3) is 0.385. The maximum atomic E-state index is 9.78. The monoisotopic (exact) mass is 282 g/mol. The van der Waals surface area contributed by atoms with Crippen molar-refractivity contribution >= 4 is 11.6 Å². The number of phenols is 1. The van der Waals surface area contributed by atoms with Crippen molar-refractivity contribution in [1.29, 1.82) is 0 Å². The molecule has 1 N–H and O–H groups in total. The molecule has 1 aromatic heterocycles. The van der Waals surface area contributed by atoms with Gasteiger partial charge in [0.15, 0.2) is 0 Å². The molecule has 2 aromatic rings. The molecule has 1 unspecified atom stereocenters. The number of aromatic hydroxyl groups is 1. The molecule has 0 bridgehead atoms. The number of phenolic OH excluding ortho intramolecular Hbond substituents is 1. The van der Waals surface area contributed by atoms with E-state index in [2.05, 4.69) is 10.1 Å². The van der Waals surface area contributed by atoms with Gasteiger partial charge < -0.3 is 14.4 Å². The summed E-state index contributed by atoms with van der Waals surface area (Å²) in [6.07, 6.45) is -0.251. The molecule has 5 nitrogen and oxygen atoms in total. The molecule has 2 rings (SSSR count). The highest BCUT2D eigenvalue weighted by atomic mass is 35.5. The summed E-state index contributed by atoms with van der Waals surface area (Å²) in [5.41, 5.74) is 0.407. The molecule has 102 valence electrons. The Labute approximate surface area is 116 Å². The molecule has 0 radical (unpaired) electrons. The highest BCUT2D eigenvalue weighted by Crippen LogP contribution is 2.32. The second-order valence-corrected chi connectivity index (χ2v) is 4.96. The smallest absolute Gasteiger partial charge is 0.261 e. The molecular formula is C13H15ClN2O3. The fourth-order valence-electron chi connectivity index (χ4n) is 1.82. The Morgan fingerprint density at radius 3 is 2.74 bits per heavy atom. The van der Waals surface area contributed by atoms with Crippen molar-refractivity contribution in [3.8, 4) is 17.2 Å². The van der Waals surface area contributed by atoms with Crippen LogP contribution in [0.1, 0.15) is 25.8 Å². The summed E-state index contributed by atoms with van der Waals surface area (Å²) in [5.74, 6) is 0.922. The minimum atomic E-state index is -0.251. The summed E-state index contributed by atoms with van der Waals surface area (Å²) in [5, 5.41) is 14.2. The second kappa shape index (κ2) is 5.59. The maximum absolute atomic E-state index is 9.78. The first-order valence-electron chi connectivity index (χ1n) is 5.88. The lowest BCUT2D eigenvalue weighted by Gasteiger charge is -2.14. The lowest BCUT2D eigenvalue weighted by Crippen LogP contribution is -2.10. The first-order valence-corrected chi connectivity index (χ1v) is 6.26. The van der Waals surface area contributed by atoms with Gasteiger partial charge in [-0.15, -0.1) is 0 Å².